The smallest absolute Gasteiger partial charge is 0.250 e. The van der Waals surface area contributed by atoms with Gasteiger partial charge in [-0.25, -0.2) is 4.98 Å². The van der Waals surface area contributed by atoms with Crippen LogP contribution in [0.4, 0.5) is 5.13 Å². The van der Waals surface area contributed by atoms with Gasteiger partial charge in [-0.15, -0.1) is 11.3 Å². The van der Waals surface area contributed by atoms with Crippen molar-refractivity contribution in [2.75, 3.05) is 12.4 Å². The van der Waals surface area contributed by atoms with Crippen LogP contribution in [-0.2, 0) is 11.2 Å². The van der Waals surface area contributed by atoms with Gasteiger partial charge in [0, 0.05) is 23.6 Å². The Hall–Kier alpha value is -2.92. The summed E-state index contributed by atoms with van der Waals surface area (Å²) in [6, 6.07) is 17.7. The zero-order valence-corrected chi connectivity index (χ0v) is 14.6. The highest BCUT2D eigenvalue weighted by Crippen LogP contribution is 2.21. The molecule has 1 amide bonds. The predicted octanol–water partition coefficient (Wildman–Crippen LogP) is 4.39. The minimum atomic E-state index is -0.198. The van der Waals surface area contributed by atoms with Gasteiger partial charge >= 0.3 is 0 Å². The van der Waals surface area contributed by atoms with E-state index in [1.54, 1.807) is 19.4 Å². The fourth-order valence-corrected chi connectivity index (χ4v) is 3.13. The van der Waals surface area contributed by atoms with Gasteiger partial charge in [0.1, 0.15) is 5.75 Å². The molecule has 3 aromatic rings. The van der Waals surface area contributed by atoms with Crippen molar-refractivity contribution in [2.45, 2.75) is 6.42 Å². The van der Waals surface area contributed by atoms with Gasteiger partial charge in [0.15, 0.2) is 5.13 Å². The number of aromatic nitrogens is 1. The molecule has 1 aromatic heterocycles. The van der Waals surface area contributed by atoms with E-state index < -0.39 is 0 Å². The van der Waals surface area contributed by atoms with Crippen LogP contribution in [0.1, 0.15) is 16.0 Å². The molecule has 2 aromatic carbocycles. The van der Waals surface area contributed by atoms with Crippen molar-refractivity contribution in [3.8, 4) is 5.75 Å². The van der Waals surface area contributed by atoms with Crippen LogP contribution in [-0.4, -0.2) is 18.0 Å². The van der Waals surface area contributed by atoms with Gasteiger partial charge < -0.3 is 4.74 Å². The van der Waals surface area contributed by atoms with Gasteiger partial charge in [-0.1, -0.05) is 42.5 Å². The third-order valence-electron chi connectivity index (χ3n) is 3.55. The topological polar surface area (TPSA) is 51.2 Å². The summed E-state index contributed by atoms with van der Waals surface area (Å²) in [4.78, 5) is 17.4. The third-order valence-corrected chi connectivity index (χ3v) is 4.46. The maximum atomic E-state index is 12.0. The van der Waals surface area contributed by atoms with Crippen LogP contribution in [0.5, 0.6) is 5.75 Å². The summed E-state index contributed by atoms with van der Waals surface area (Å²) in [5.41, 5.74) is 2.16. The molecule has 5 heteroatoms. The van der Waals surface area contributed by atoms with E-state index in [4.69, 9.17) is 4.74 Å². The van der Waals surface area contributed by atoms with Crippen molar-refractivity contribution < 1.29 is 9.53 Å². The minimum Gasteiger partial charge on any atom is -0.497 e. The van der Waals surface area contributed by atoms with Crippen LogP contribution in [0.3, 0.4) is 0 Å². The van der Waals surface area contributed by atoms with E-state index in [2.05, 4.69) is 22.4 Å². The van der Waals surface area contributed by atoms with E-state index >= 15 is 0 Å². The molecule has 4 nitrogen and oxygen atoms in total. The first-order chi connectivity index (χ1) is 12.2. The SMILES string of the molecule is COc1ccc(/C=C/C(=O)Nc2ncc(Cc3ccccc3)s2)cc1. The molecule has 0 saturated carbocycles. The first-order valence-electron chi connectivity index (χ1n) is 7.85. The number of anilines is 1. The molecule has 0 spiro atoms. The molecule has 0 aliphatic carbocycles. The molecule has 1 N–H and O–H groups in total. The Labute approximate surface area is 150 Å². The van der Waals surface area contributed by atoms with Crippen LogP contribution in [0.15, 0.2) is 66.9 Å². The van der Waals surface area contributed by atoms with Crippen molar-refractivity contribution in [2.24, 2.45) is 0 Å². The normalized spacial score (nSPS) is 10.8. The lowest BCUT2D eigenvalue weighted by atomic mass is 10.1. The zero-order chi connectivity index (χ0) is 17.5. The molecule has 0 aliphatic rings. The summed E-state index contributed by atoms with van der Waals surface area (Å²) in [5.74, 6) is 0.590. The molecular weight excluding hydrogens is 332 g/mol. The number of rotatable bonds is 6. The van der Waals surface area contributed by atoms with Crippen molar-refractivity contribution >= 4 is 28.5 Å². The Morgan fingerprint density at radius 2 is 1.92 bits per heavy atom. The van der Waals surface area contributed by atoms with Gasteiger partial charge in [0.25, 0.3) is 0 Å². The van der Waals surface area contributed by atoms with Gasteiger partial charge in [-0.2, -0.15) is 0 Å². The summed E-state index contributed by atoms with van der Waals surface area (Å²) >= 11 is 1.49. The lowest BCUT2D eigenvalue weighted by Gasteiger charge is -1.99. The first-order valence-corrected chi connectivity index (χ1v) is 8.66. The van der Waals surface area contributed by atoms with Gasteiger partial charge in [0.2, 0.25) is 5.91 Å². The van der Waals surface area contributed by atoms with E-state index in [9.17, 15) is 4.79 Å². The van der Waals surface area contributed by atoms with Gasteiger partial charge in [-0.3, -0.25) is 10.1 Å². The average Bonchev–Trinajstić information content (AvgIpc) is 3.08. The molecule has 126 valence electrons. The van der Waals surface area contributed by atoms with Crippen LogP contribution in [0.25, 0.3) is 6.08 Å². The summed E-state index contributed by atoms with van der Waals surface area (Å²) in [6.45, 7) is 0. The summed E-state index contributed by atoms with van der Waals surface area (Å²) in [5, 5.41) is 3.40. The predicted molar refractivity (Wildman–Crippen MR) is 102 cm³/mol. The number of amides is 1. The maximum absolute atomic E-state index is 12.0. The molecule has 0 saturated heterocycles. The summed E-state index contributed by atoms with van der Waals surface area (Å²) < 4.78 is 5.11. The molecular formula is C20H18N2O2S. The second-order valence-electron chi connectivity index (χ2n) is 5.39. The number of ether oxygens (including phenoxy) is 1. The number of nitrogens with zero attached hydrogens (tertiary/aromatic N) is 1. The Morgan fingerprint density at radius 1 is 1.16 bits per heavy atom. The fraction of sp³-hybridized carbons (Fsp3) is 0.100. The average molecular weight is 350 g/mol. The van der Waals surface area contributed by atoms with E-state index in [1.807, 2.05) is 42.5 Å². The number of nitrogens with one attached hydrogen (secondary N) is 1. The molecule has 0 aliphatic heterocycles. The molecule has 0 unspecified atom stereocenters. The monoisotopic (exact) mass is 350 g/mol. The number of hydrogen-bond donors (Lipinski definition) is 1. The Morgan fingerprint density at radius 3 is 2.64 bits per heavy atom. The Balaban J connectivity index is 1.56. The number of carbonyl (C=O) groups is 1. The highest BCUT2D eigenvalue weighted by molar-refractivity contribution is 7.15. The lowest BCUT2D eigenvalue weighted by Crippen LogP contribution is -2.07. The van der Waals surface area contributed by atoms with Crippen molar-refractivity contribution in [1.29, 1.82) is 0 Å². The quantitative estimate of drug-likeness (QED) is 0.671. The van der Waals surface area contributed by atoms with E-state index in [0.717, 1.165) is 22.6 Å². The summed E-state index contributed by atoms with van der Waals surface area (Å²) in [6.07, 6.45) is 5.88. The molecule has 25 heavy (non-hydrogen) atoms. The molecule has 0 fully saturated rings. The van der Waals surface area contributed by atoms with Crippen molar-refractivity contribution in [3.05, 3.63) is 82.9 Å². The van der Waals surface area contributed by atoms with E-state index in [1.165, 1.54) is 23.0 Å². The molecule has 1 heterocycles. The minimum absolute atomic E-state index is 0.198. The van der Waals surface area contributed by atoms with Crippen molar-refractivity contribution in [3.63, 3.8) is 0 Å². The van der Waals surface area contributed by atoms with Crippen LogP contribution < -0.4 is 10.1 Å². The number of thiazole rings is 1. The maximum Gasteiger partial charge on any atom is 0.250 e. The first kappa shape index (κ1) is 16.9. The molecule has 0 bridgehead atoms. The second kappa shape index (κ2) is 8.26. The van der Waals surface area contributed by atoms with Crippen LogP contribution >= 0.6 is 11.3 Å². The van der Waals surface area contributed by atoms with Crippen LogP contribution in [0, 0.1) is 0 Å². The lowest BCUT2D eigenvalue weighted by molar-refractivity contribution is -0.111. The summed E-state index contributed by atoms with van der Waals surface area (Å²) in [7, 11) is 1.62. The molecule has 0 atom stereocenters. The zero-order valence-electron chi connectivity index (χ0n) is 13.8. The highest BCUT2D eigenvalue weighted by atomic mass is 32.1. The largest absolute Gasteiger partial charge is 0.497 e. The highest BCUT2D eigenvalue weighted by Gasteiger charge is 2.05. The number of benzene rings is 2. The van der Waals surface area contributed by atoms with E-state index in [0.29, 0.717) is 5.13 Å². The fourth-order valence-electron chi connectivity index (χ4n) is 2.28. The molecule has 0 radical (unpaired) electrons. The Bertz CT molecular complexity index is 855. The molecule has 3 rings (SSSR count). The number of methoxy groups -OCH3 is 1. The van der Waals surface area contributed by atoms with Gasteiger partial charge in [-0.05, 0) is 29.3 Å². The second-order valence-corrected chi connectivity index (χ2v) is 6.51. The number of carbonyl (C=O) groups excluding carboxylic acids is 1. The van der Waals surface area contributed by atoms with Crippen molar-refractivity contribution in [1.82, 2.24) is 4.98 Å². The van der Waals surface area contributed by atoms with Crippen LogP contribution in [0.2, 0.25) is 0 Å². The number of hydrogen-bond acceptors (Lipinski definition) is 4. The standard InChI is InChI=1S/C20H18N2O2S/c1-24-17-10-7-15(8-11-17)9-12-19(23)22-20-21-14-18(25-20)13-16-5-3-2-4-6-16/h2-12,14H,13H2,1H3,(H,21,22,23)/b12-9+. The van der Waals surface area contributed by atoms with Gasteiger partial charge in [0.05, 0.1) is 7.11 Å². The third kappa shape index (κ3) is 5.02. The van der Waals surface area contributed by atoms with E-state index in [-0.39, 0.29) is 5.91 Å². The Kier molecular flexibility index (Phi) is 5.59.